The molecule has 3 nitrogen and oxygen atoms in total. The summed E-state index contributed by atoms with van der Waals surface area (Å²) in [5.74, 6) is 0.170. The van der Waals surface area contributed by atoms with Gasteiger partial charge in [0, 0.05) is 6.42 Å². The first kappa shape index (κ1) is 17.2. The minimum atomic E-state index is -0.386. The van der Waals surface area contributed by atoms with Crippen LogP contribution in [0.1, 0.15) is 43.5 Å². The van der Waals surface area contributed by atoms with Crippen LogP contribution in [0.3, 0.4) is 0 Å². The van der Waals surface area contributed by atoms with Crippen molar-refractivity contribution in [2.45, 2.75) is 44.0 Å². The minimum Gasteiger partial charge on any atom is -0.330 e. The zero-order chi connectivity index (χ0) is 15.0. The number of hydrogen-bond donors (Lipinski definition) is 2. The molecule has 0 aromatic heterocycles. The quantitative estimate of drug-likeness (QED) is 0.543. The summed E-state index contributed by atoms with van der Waals surface area (Å²) in [6.07, 6.45) is 2.95. The van der Waals surface area contributed by atoms with Crippen LogP contribution in [0.15, 0.2) is 30.3 Å². The van der Waals surface area contributed by atoms with Crippen LogP contribution in [0.4, 0.5) is 0 Å². The second kappa shape index (κ2) is 9.11. The van der Waals surface area contributed by atoms with Gasteiger partial charge in [-0.1, -0.05) is 43.7 Å². The highest BCUT2D eigenvalue weighted by Crippen LogP contribution is 2.31. The molecule has 20 heavy (non-hydrogen) atoms. The summed E-state index contributed by atoms with van der Waals surface area (Å²) in [6, 6.07) is 9.45. The van der Waals surface area contributed by atoms with Gasteiger partial charge >= 0.3 is 0 Å². The van der Waals surface area contributed by atoms with E-state index >= 15 is 0 Å². The Hall–Kier alpha value is -0.900. The molecule has 0 amide bonds. The van der Waals surface area contributed by atoms with Gasteiger partial charge in [-0.2, -0.15) is 0 Å². The molecule has 112 valence electrons. The molecule has 0 aliphatic carbocycles. The summed E-state index contributed by atoms with van der Waals surface area (Å²) >= 11 is 6.42. The predicted molar refractivity (Wildman–Crippen MR) is 84.7 cm³/mol. The molecule has 0 saturated carbocycles. The zero-order valence-corrected chi connectivity index (χ0v) is 12.9. The predicted octanol–water partition coefficient (Wildman–Crippen LogP) is 3.02. The first-order valence-electron chi connectivity index (χ1n) is 7.23. The summed E-state index contributed by atoms with van der Waals surface area (Å²) in [4.78, 5) is 12.1. The third-order valence-electron chi connectivity index (χ3n) is 3.52. The summed E-state index contributed by atoms with van der Waals surface area (Å²) < 4.78 is 0. The Bertz CT molecular complexity index is 397. The van der Waals surface area contributed by atoms with Crippen LogP contribution >= 0.6 is 11.6 Å². The van der Waals surface area contributed by atoms with Crippen molar-refractivity contribution in [3.63, 3.8) is 0 Å². The van der Waals surface area contributed by atoms with Gasteiger partial charge in [0.05, 0.1) is 11.4 Å². The molecule has 0 heterocycles. The fourth-order valence-electron chi connectivity index (χ4n) is 2.21. The lowest BCUT2D eigenvalue weighted by molar-refractivity contribution is -0.121. The van der Waals surface area contributed by atoms with Gasteiger partial charge in [-0.3, -0.25) is 4.79 Å². The molecule has 0 aliphatic heterocycles. The molecule has 1 aromatic rings. The van der Waals surface area contributed by atoms with Crippen LogP contribution in [-0.4, -0.2) is 18.4 Å². The third kappa shape index (κ3) is 5.61. The smallest absolute Gasteiger partial charge is 0.149 e. The van der Waals surface area contributed by atoms with Crippen molar-refractivity contribution >= 4 is 17.4 Å². The normalized spacial score (nSPS) is 15.6. The zero-order valence-electron chi connectivity index (χ0n) is 12.1. The minimum absolute atomic E-state index is 0.0760. The van der Waals surface area contributed by atoms with Gasteiger partial charge in [0.25, 0.3) is 0 Å². The Morgan fingerprint density at radius 3 is 2.50 bits per heavy atom. The van der Waals surface area contributed by atoms with Crippen molar-refractivity contribution < 1.29 is 4.79 Å². The Morgan fingerprint density at radius 2 is 1.90 bits per heavy atom. The number of benzene rings is 1. The average molecular weight is 297 g/mol. The van der Waals surface area contributed by atoms with E-state index in [0.717, 1.165) is 18.4 Å². The Balaban J connectivity index is 2.44. The van der Waals surface area contributed by atoms with Crippen LogP contribution in [0.5, 0.6) is 0 Å². The van der Waals surface area contributed by atoms with E-state index in [1.807, 2.05) is 37.3 Å². The number of Topliss-reactive ketones (excluding diaryl/α,β-unsaturated/α-hetero) is 1. The van der Waals surface area contributed by atoms with Gasteiger partial charge in [-0.25, -0.2) is 0 Å². The summed E-state index contributed by atoms with van der Waals surface area (Å²) in [7, 11) is 0. The lowest BCUT2D eigenvalue weighted by Crippen LogP contribution is -2.32. The maximum atomic E-state index is 12.1. The van der Waals surface area contributed by atoms with Gasteiger partial charge in [0.1, 0.15) is 5.78 Å². The molecule has 0 aliphatic rings. The van der Waals surface area contributed by atoms with Crippen LogP contribution in [0, 0.1) is 5.92 Å². The molecule has 1 rings (SSSR count). The van der Waals surface area contributed by atoms with E-state index in [9.17, 15) is 4.79 Å². The van der Waals surface area contributed by atoms with Crippen LogP contribution < -0.4 is 11.5 Å². The maximum Gasteiger partial charge on any atom is 0.149 e. The van der Waals surface area contributed by atoms with E-state index < -0.39 is 0 Å². The van der Waals surface area contributed by atoms with Crippen molar-refractivity contribution in [3.05, 3.63) is 35.9 Å². The fraction of sp³-hybridized carbons (Fsp3) is 0.562. The van der Waals surface area contributed by atoms with E-state index in [1.165, 1.54) is 0 Å². The molecule has 0 saturated heterocycles. The van der Waals surface area contributed by atoms with E-state index in [0.29, 0.717) is 19.4 Å². The van der Waals surface area contributed by atoms with Gasteiger partial charge < -0.3 is 11.5 Å². The second-order valence-corrected chi connectivity index (χ2v) is 5.82. The molecule has 3 atom stereocenters. The van der Waals surface area contributed by atoms with Crippen molar-refractivity contribution in [1.29, 1.82) is 0 Å². The van der Waals surface area contributed by atoms with E-state index in [2.05, 4.69) is 0 Å². The summed E-state index contributed by atoms with van der Waals surface area (Å²) in [5.41, 5.74) is 12.4. The molecule has 0 spiro atoms. The van der Waals surface area contributed by atoms with Gasteiger partial charge in [0.2, 0.25) is 0 Å². The van der Waals surface area contributed by atoms with E-state index in [1.54, 1.807) is 0 Å². The van der Waals surface area contributed by atoms with Crippen molar-refractivity contribution in [2.75, 3.05) is 6.54 Å². The number of unbranched alkanes of at least 4 members (excludes halogenated alkanes) is 1. The molecule has 0 radical (unpaired) electrons. The second-order valence-electron chi connectivity index (χ2n) is 5.35. The number of alkyl halides is 1. The number of rotatable bonds is 9. The summed E-state index contributed by atoms with van der Waals surface area (Å²) in [5, 5.41) is -0.156. The SMILES string of the molecule is C[C@H](CC(=O)[C@@H](N)CCCCN)C(Cl)c1ccccc1. The van der Waals surface area contributed by atoms with Crippen molar-refractivity contribution in [2.24, 2.45) is 17.4 Å². The maximum absolute atomic E-state index is 12.1. The molecule has 1 aromatic carbocycles. The van der Waals surface area contributed by atoms with E-state index in [4.69, 9.17) is 23.1 Å². The number of nitrogens with two attached hydrogens (primary N) is 2. The van der Waals surface area contributed by atoms with E-state index in [-0.39, 0.29) is 23.1 Å². The Morgan fingerprint density at radius 1 is 1.25 bits per heavy atom. The molecule has 4 heteroatoms. The first-order valence-corrected chi connectivity index (χ1v) is 7.67. The van der Waals surface area contributed by atoms with Crippen molar-refractivity contribution in [3.8, 4) is 0 Å². The standard InChI is InChI=1S/C16H25ClN2O/c1-12(16(17)13-7-3-2-4-8-13)11-15(20)14(19)9-5-6-10-18/h2-4,7-8,12,14,16H,5-6,9-11,18-19H2,1H3/t12-,14+,16?/m1/s1. The number of carbonyl (C=O) groups excluding carboxylic acids is 1. The van der Waals surface area contributed by atoms with Gasteiger partial charge in [-0.05, 0) is 30.9 Å². The van der Waals surface area contributed by atoms with Gasteiger partial charge in [0.15, 0.2) is 0 Å². The van der Waals surface area contributed by atoms with Crippen LogP contribution in [-0.2, 0) is 4.79 Å². The van der Waals surface area contributed by atoms with Crippen molar-refractivity contribution in [1.82, 2.24) is 0 Å². The molecule has 0 bridgehead atoms. The topological polar surface area (TPSA) is 69.1 Å². The first-order chi connectivity index (χ1) is 9.56. The number of carbonyl (C=O) groups is 1. The monoisotopic (exact) mass is 296 g/mol. The largest absolute Gasteiger partial charge is 0.330 e. The Labute approximate surface area is 126 Å². The van der Waals surface area contributed by atoms with Crippen LogP contribution in [0.25, 0.3) is 0 Å². The fourth-order valence-corrected chi connectivity index (χ4v) is 2.44. The molecular formula is C16H25ClN2O. The highest BCUT2D eigenvalue weighted by Gasteiger charge is 2.22. The van der Waals surface area contributed by atoms with Gasteiger partial charge in [-0.15, -0.1) is 11.6 Å². The molecular weight excluding hydrogens is 272 g/mol. The number of halogens is 1. The number of hydrogen-bond acceptors (Lipinski definition) is 3. The molecule has 4 N–H and O–H groups in total. The highest BCUT2D eigenvalue weighted by molar-refractivity contribution is 6.21. The van der Waals surface area contributed by atoms with Crippen LogP contribution in [0.2, 0.25) is 0 Å². The molecule has 0 fully saturated rings. The third-order valence-corrected chi connectivity index (χ3v) is 4.21. The number of ketones is 1. The lowest BCUT2D eigenvalue weighted by atomic mass is 9.92. The summed E-state index contributed by atoms with van der Waals surface area (Å²) in [6.45, 7) is 2.64. The molecule has 1 unspecified atom stereocenters. The highest BCUT2D eigenvalue weighted by atomic mass is 35.5. The Kier molecular flexibility index (Phi) is 7.82. The average Bonchev–Trinajstić information content (AvgIpc) is 2.47. The lowest BCUT2D eigenvalue weighted by Gasteiger charge is -2.19.